The lowest BCUT2D eigenvalue weighted by atomic mass is 10.0. The summed E-state index contributed by atoms with van der Waals surface area (Å²) in [6.07, 6.45) is 1.79. The highest BCUT2D eigenvalue weighted by atomic mass is 32.2. The summed E-state index contributed by atoms with van der Waals surface area (Å²) in [6.45, 7) is 0. The lowest BCUT2D eigenvalue weighted by Gasteiger charge is -2.11. The molecule has 1 N–H and O–H groups in total. The Bertz CT molecular complexity index is 1290. The van der Waals surface area contributed by atoms with E-state index in [0.29, 0.717) is 27.3 Å². The molecule has 1 amide bonds. The molecular weight excluding hydrogens is 428 g/mol. The second-order valence-corrected chi connectivity index (χ2v) is 8.00. The van der Waals surface area contributed by atoms with Crippen LogP contribution >= 0.6 is 11.8 Å². The number of rotatable bonds is 5. The van der Waals surface area contributed by atoms with Gasteiger partial charge in [0.15, 0.2) is 5.17 Å². The summed E-state index contributed by atoms with van der Waals surface area (Å²) in [4.78, 5) is 30.6. The second kappa shape index (κ2) is 8.76. The second-order valence-electron chi connectivity index (χ2n) is 6.99. The monoisotopic (exact) mass is 448 g/mol. The van der Waals surface area contributed by atoms with Crippen molar-refractivity contribution in [3.05, 3.63) is 70.6 Å². The van der Waals surface area contributed by atoms with Crippen molar-refractivity contribution in [2.75, 3.05) is 21.3 Å². The predicted molar refractivity (Wildman–Crippen MR) is 126 cm³/mol. The Morgan fingerprint density at radius 2 is 1.88 bits per heavy atom. The normalized spacial score (nSPS) is 16.2. The Morgan fingerprint density at radius 1 is 1.09 bits per heavy atom. The van der Waals surface area contributed by atoms with Gasteiger partial charge in [-0.25, -0.2) is 9.79 Å². The zero-order valence-electron chi connectivity index (χ0n) is 17.7. The summed E-state index contributed by atoms with van der Waals surface area (Å²) >= 11 is 1.22. The number of carboxylic acids is 1. The minimum absolute atomic E-state index is 0.133. The third-order valence-electron chi connectivity index (χ3n) is 5.05. The van der Waals surface area contributed by atoms with Crippen LogP contribution in [0.25, 0.3) is 16.8 Å². The highest BCUT2D eigenvalue weighted by Crippen LogP contribution is 2.38. The molecule has 4 rings (SSSR count). The number of thioether (sulfide) groups is 1. The van der Waals surface area contributed by atoms with E-state index in [1.54, 1.807) is 39.5 Å². The first kappa shape index (κ1) is 21.5. The first-order valence-corrected chi connectivity index (χ1v) is 10.5. The van der Waals surface area contributed by atoms with Gasteiger partial charge < -0.3 is 14.6 Å². The number of methoxy groups -OCH3 is 2. The number of amides is 1. The zero-order chi connectivity index (χ0) is 22.8. The number of aliphatic imine (C=N–C) groups is 1. The van der Waals surface area contributed by atoms with Gasteiger partial charge in [0.05, 0.1) is 30.4 Å². The fraction of sp³-hybridized carbons (Fsp3) is 0.125. The third kappa shape index (κ3) is 4.04. The largest absolute Gasteiger partial charge is 0.497 e. The molecule has 0 unspecified atom stereocenters. The van der Waals surface area contributed by atoms with Crippen molar-refractivity contribution >= 4 is 51.3 Å². The van der Waals surface area contributed by atoms with Crippen LogP contribution in [0.5, 0.6) is 11.5 Å². The maximum absolute atomic E-state index is 12.9. The highest BCUT2D eigenvalue weighted by Gasteiger charge is 2.31. The number of fused-ring (bicyclic) bond motifs is 1. The lowest BCUT2D eigenvalue weighted by Crippen LogP contribution is -2.23. The van der Waals surface area contributed by atoms with Gasteiger partial charge in [0.1, 0.15) is 11.5 Å². The molecule has 0 radical (unpaired) electrons. The standard InChI is InChI=1S/C24H20N2O5S/c1-26-22(27)21(32-24(26)25-16-6-4-5-15(11-16)23(28)29)13-19-18-12-17(30-2)9-7-14(18)8-10-20(19)31-3/h4-13H,1-3H3,(H,28,29)/b21-13-,25-24?. The smallest absolute Gasteiger partial charge is 0.335 e. The number of hydrogen-bond donors (Lipinski definition) is 1. The molecule has 0 saturated carbocycles. The molecule has 1 fully saturated rings. The van der Waals surface area contributed by atoms with Crippen molar-refractivity contribution in [1.82, 2.24) is 4.90 Å². The molecule has 0 spiro atoms. The van der Waals surface area contributed by atoms with E-state index >= 15 is 0 Å². The van der Waals surface area contributed by atoms with Crippen LogP contribution in [0.1, 0.15) is 15.9 Å². The van der Waals surface area contributed by atoms with Gasteiger partial charge in [-0.15, -0.1) is 0 Å². The minimum atomic E-state index is -1.03. The lowest BCUT2D eigenvalue weighted by molar-refractivity contribution is -0.121. The number of aromatic carboxylic acids is 1. The van der Waals surface area contributed by atoms with E-state index in [0.717, 1.165) is 16.3 Å². The van der Waals surface area contributed by atoms with E-state index in [1.165, 1.54) is 28.8 Å². The fourth-order valence-electron chi connectivity index (χ4n) is 3.36. The van der Waals surface area contributed by atoms with Crippen molar-refractivity contribution in [3.8, 4) is 11.5 Å². The molecule has 32 heavy (non-hydrogen) atoms. The average Bonchev–Trinajstić information content (AvgIpc) is 3.06. The van der Waals surface area contributed by atoms with Crippen molar-refractivity contribution in [1.29, 1.82) is 0 Å². The number of ether oxygens (including phenoxy) is 2. The number of carbonyl (C=O) groups is 2. The van der Waals surface area contributed by atoms with Crippen LogP contribution in [0.2, 0.25) is 0 Å². The van der Waals surface area contributed by atoms with E-state index in [9.17, 15) is 14.7 Å². The molecule has 0 aromatic heterocycles. The van der Waals surface area contributed by atoms with Crippen molar-refractivity contribution < 1.29 is 24.2 Å². The molecule has 7 nitrogen and oxygen atoms in total. The van der Waals surface area contributed by atoms with Crippen molar-refractivity contribution in [2.24, 2.45) is 4.99 Å². The molecule has 1 aliphatic rings. The van der Waals surface area contributed by atoms with Gasteiger partial charge in [0, 0.05) is 12.6 Å². The maximum atomic E-state index is 12.9. The molecule has 0 aliphatic carbocycles. The highest BCUT2D eigenvalue weighted by molar-refractivity contribution is 8.18. The summed E-state index contributed by atoms with van der Waals surface area (Å²) in [6, 6.07) is 15.8. The number of amidine groups is 1. The zero-order valence-corrected chi connectivity index (χ0v) is 18.5. The summed E-state index contributed by atoms with van der Waals surface area (Å²) in [5.74, 6) is 0.0991. The van der Waals surface area contributed by atoms with E-state index < -0.39 is 5.97 Å². The Kier molecular flexibility index (Phi) is 5.87. The third-order valence-corrected chi connectivity index (χ3v) is 6.11. The molecule has 1 saturated heterocycles. The van der Waals surface area contributed by atoms with Gasteiger partial charge in [-0.3, -0.25) is 9.69 Å². The molecular formula is C24H20N2O5S. The van der Waals surface area contributed by atoms with Crippen molar-refractivity contribution in [3.63, 3.8) is 0 Å². The van der Waals surface area contributed by atoms with Gasteiger partial charge in [0.25, 0.3) is 5.91 Å². The molecule has 0 atom stereocenters. The van der Waals surface area contributed by atoms with Crippen LogP contribution < -0.4 is 9.47 Å². The predicted octanol–water partition coefficient (Wildman–Crippen LogP) is 4.79. The fourth-order valence-corrected chi connectivity index (χ4v) is 4.33. The van der Waals surface area contributed by atoms with Crippen molar-refractivity contribution in [2.45, 2.75) is 0 Å². The van der Waals surface area contributed by atoms with E-state index in [-0.39, 0.29) is 11.5 Å². The first-order valence-electron chi connectivity index (χ1n) is 9.65. The van der Waals surface area contributed by atoms with Crippen LogP contribution in [0, 0.1) is 0 Å². The molecule has 3 aromatic rings. The maximum Gasteiger partial charge on any atom is 0.335 e. The van der Waals surface area contributed by atoms with Gasteiger partial charge >= 0.3 is 5.97 Å². The summed E-state index contributed by atoms with van der Waals surface area (Å²) in [5.41, 5.74) is 1.36. The van der Waals surface area contributed by atoms with Crippen LogP contribution in [0.3, 0.4) is 0 Å². The molecule has 3 aromatic carbocycles. The summed E-state index contributed by atoms with van der Waals surface area (Å²) in [7, 11) is 4.83. The van der Waals surface area contributed by atoms with E-state index in [4.69, 9.17) is 9.47 Å². The molecule has 0 bridgehead atoms. The first-order chi connectivity index (χ1) is 15.4. The minimum Gasteiger partial charge on any atom is -0.497 e. The Labute approximate surface area is 189 Å². The van der Waals surface area contributed by atoms with Gasteiger partial charge in [-0.1, -0.05) is 18.2 Å². The Balaban J connectivity index is 1.77. The summed E-state index contributed by atoms with van der Waals surface area (Å²) in [5, 5.41) is 11.5. The number of hydrogen-bond acceptors (Lipinski definition) is 6. The SMILES string of the molecule is COc1ccc2ccc(OC)c(/C=C3\SC(=Nc4cccc(C(=O)O)c4)N(C)C3=O)c2c1. The Hall–Kier alpha value is -3.78. The van der Waals surface area contributed by atoms with Gasteiger partial charge in [-0.05, 0) is 65.0 Å². The van der Waals surface area contributed by atoms with Crippen LogP contribution in [-0.2, 0) is 4.79 Å². The molecule has 1 aliphatic heterocycles. The van der Waals surface area contributed by atoms with Crippen LogP contribution in [0.4, 0.5) is 5.69 Å². The number of carboxylic acid groups (broad SMARTS) is 1. The molecule has 8 heteroatoms. The number of likely N-dealkylation sites (N-methyl/N-ethyl adjacent to an activating group) is 1. The average molecular weight is 449 g/mol. The van der Waals surface area contributed by atoms with Crippen LogP contribution in [-0.4, -0.2) is 48.3 Å². The van der Waals surface area contributed by atoms with E-state index in [1.807, 2.05) is 30.3 Å². The quantitative estimate of drug-likeness (QED) is 0.565. The number of benzene rings is 3. The van der Waals surface area contributed by atoms with Gasteiger partial charge in [0.2, 0.25) is 0 Å². The number of carbonyl (C=O) groups excluding carboxylic acids is 1. The van der Waals surface area contributed by atoms with E-state index in [2.05, 4.69) is 4.99 Å². The molecule has 1 heterocycles. The molecule has 162 valence electrons. The van der Waals surface area contributed by atoms with Gasteiger partial charge in [-0.2, -0.15) is 0 Å². The van der Waals surface area contributed by atoms with Crippen LogP contribution in [0.15, 0.2) is 64.5 Å². The summed E-state index contributed by atoms with van der Waals surface area (Å²) < 4.78 is 10.9. The topological polar surface area (TPSA) is 88.4 Å². The Morgan fingerprint density at radius 3 is 2.59 bits per heavy atom. The number of nitrogens with zero attached hydrogens (tertiary/aromatic N) is 2.